The molecule has 0 fully saturated rings. The number of hydrogen-bond acceptors (Lipinski definition) is 3. The Morgan fingerprint density at radius 3 is 2.58 bits per heavy atom. The fourth-order valence-electron chi connectivity index (χ4n) is 2.14. The fourth-order valence-corrected chi connectivity index (χ4v) is 2.52. The van der Waals surface area contributed by atoms with Gasteiger partial charge in [-0.25, -0.2) is 4.98 Å². The molecule has 3 aromatic rings. The number of para-hydroxylation sites is 1. The second-order valence-electron chi connectivity index (χ2n) is 4.97. The maximum atomic E-state index is 12.6. The number of nitrogens with one attached hydrogen (secondary N) is 2. The zero-order valence-electron chi connectivity index (χ0n) is 12.5. The summed E-state index contributed by atoms with van der Waals surface area (Å²) in [4.78, 5) is 16.8. The lowest BCUT2D eigenvalue weighted by atomic mass is 10.2. The number of aromatic nitrogens is 1. The normalized spacial score (nSPS) is 10.2. The Labute approximate surface area is 149 Å². The van der Waals surface area contributed by atoms with Gasteiger partial charge in [0.15, 0.2) is 0 Å². The Hall–Kier alpha value is -2.56. The zero-order valence-corrected chi connectivity index (χ0v) is 14.0. The monoisotopic (exact) mass is 357 g/mol. The lowest BCUT2D eigenvalue weighted by Crippen LogP contribution is -2.14. The maximum absolute atomic E-state index is 12.6. The number of rotatable bonds is 4. The summed E-state index contributed by atoms with van der Waals surface area (Å²) in [6.07, 6.45) is 1.61. The molecule has 6 heteroatoms. The van der Waals surface area contributed by atoms with Gasteiger partial charge in [-0.3, -0.25) is 4.79 Å². The number of pyridine rings is 1. The summed E-state index contributed by atoms with van der Waals surface area (Å²) in [7, 11) is 0. The largest absolute Gasteiger partial charge is 0.340 e. The van der Waals surface area contributed by atoms with Crippen LogP contribution >= 0.6 is 23.2 Å². The number of carbonyl (C=O) groups is 1. The summed E-state index contributed by atoms with van der Waals surface area (Å²) in [5, 5.41) is 6.96. The van der Waals surface area contributed by atoms with Gasteiger partial charge in [-0.15, -0.1) is 0 Å². The SMILES string of the molecule is O=C(Nc1ccccc1Cl)c1cccnc1Nc1cccc(Cl)c1. The molecular weight excluding hydrogens is 345 g/mol. The van der Waals surface area contributed by atoms with Gasteiger partial charge >= 0.3 is 0 Å². The summed E-state index contributed by atoms with van der Waals surface area (Å²) in [5.74, 6) is 0.130. The highest BCUT2D eigenvalue weighted by atomic mass is 35.5. The van der Waals surface area contributed by atoms with Crippen molar-refractivity contribution < 1.29 is 4.79 Å². The second-order valence-corrected chi connectivity index (χ2v) is 5.81. The van der Waals surface area contributed by atoms with Crippen molar-refractivity contribution in [3.05, 3.63) is 82.5 Å². The predicted octanol–water partition coefficient (Wildman–Crippen LogP) is 5.38. The van der Waals surface area contributed by atoms with E-state index in [1.807, 2.05) is 12.1 Å². The van der Waals surface area contributed by atoms with Crippen LogP contribution in [0.5, 0.6) is 0 Å². The molecule has 2 aromatic carbocycles. The zero-order chi connectivity index (χ0) is 16.9. The summed E-state index contributed by atoms with van der Waals surface area (Å²) >= 11 is 12.1. The van der Waals surface area contributed by atoms with E-state index in [9.17, 15) is 4.79 Å². The number of halogens is 2. The number of benzene rings is 2. The first-order valence-electron chi connectivity index (χ1n) is 7.17. The minimum absolute atomic E-state index is 0.305. The minimum Gasteiger partial charge on any atom is -0.340 e. The van der Waals surface area contributed by atoms with Gasteiger partial charge in [0.2, 0.25) is 0 Å². The number of hydrogen-bond donors (Lipinski definition) is 2. The van der Waals surface area contributed by atoms with Crippen LogP contribution in [-0.2, 0) is 0 Å². The molecule has 3 rings (SSSR count). The van der Waals surface area contributed by atoms with E-state index < -0.39 is 0 Å². The highest BCUT2D eigenvalue weighted by Crippen LogP contribution is 2.24. The van der Waals surface area contributed by atoms with E-state index in [1.54, 1.807) is 54.7 Å². The van der Waals surface area contributed by atoms with E-state index in [1.165, 1.54) is 0 Å². The summed E-state index contributed by atoms with van der Waals surface area (Å²) in [6, 6.07) is 17.6. The first-order chi connectivity index (χ1) is 11.6. The molecule has 0 spiro atoms. The molecule has 120 valence electrons. The van der Waals surface area contributed by atoms with Crippen LogP contribution in [0.3, 0.4) is 0 Å². The summed E-state index contributed by atoms with van der Waals surface area (Å²) < 4.78 is 0. The lowest BCUT2D eigenvalue weighted by Gasteiger charge is -2.12. The first-order valence-corrected chi connectivity index (χ1v) is 7.92. The standard InChI is InChI=1S/C18H13Cl2N3O/c19-12-5-3-6-13(11-12)22-17-14(7-4-10-21-17)18(24)23-16-9-2-1-8-15(16)20/h1-11H,(H,21,22)(H,23,24). The topological polar surface area (TPSA) is 54.0 Å². The van der Waals surface area contributed by atoms with E-state index in [4.69, 9.17) is 23.2 Å². The van der Waals surface area contributed by atoms with Crippen LogP contribution < -0.4 is 10.6 Å². The van der Waals surface area contributed by atoms with Crippen molar-refractivity contribution in [2.75, 3.05) is 10.6 Å². The van der Waals surface area contributed by atoms with E-state index >= 15 is 0 Å². The molecule has 2 N–H and O–H groups in total. The molecular formula is C18H13Cl2N3O. The Bertz CT molecular complexity index is 883. The molecule has 0 saturated carbocycles. The predicted molar refractivity (Wildman–Crippen MR) is 98.4 cm³/mol. The van der Waals surface area contributed by atoms with Gasteiger partial charge in [0.05, 0.1) is 16.3 Å². The van der Waals surface area contributed by atoms with Gasteiger partial charge in [-0.05, 0) is 42.5 Å². The van der Waals surface area contributed by atoms with Gasteiger partial charge in [-0.2, -0.15) is 0 Å². The molecule has 4 nitrogen and oxygen atoms in total. The Balaban J connectivity index is 1.86. The third-order valence-corrected chi connectivity index (χ3v) is 3.83. The number of carbonyl (C=O) groups excluding carboxylic acids is 1. The smallest absolute Gasteiger partial charge is 0.259 e. The van der Waals surface area contributed by atoms with E-state index in [0.717, 1.165) is 5.69 Å². The molecule has 0 unspecified atom stereocenters. The van der Waals surface area contributed by atoms with Crippen LogP contribution in [0.1, 0.15) is 10.4 Å². The van der Waals surface area contributed by atoms with Crippen LogP contribution in [0.2, 0.25) is 10.0 Å². The maximum Gasteiger partial charge on any atom is 0.259 e. The molecule has 0 bridgehead atoms. The third-order valence-electron chi connectivity index (χ3n) is 3.26. The highest BCUT2D eigenvalue weighted by molar-refractivity contribution is 6.34. The summed E-state index contributed by atoms with van der Waals surface area (Å²) in [6.45, 7) is 0. The molecule has 1 heterocycles. The van der Waals surface area contributed by atoms with E-state index in [2.05, 4.69) is 15.6 Å². The molecule has 1 aromatic heterocycles. The van der Waals surface area contributed by atoms with Crippen molar-refractivity contribution >= 4 is 46.3 Å². The Morgan fingerprint density at radius 1 is 0.958 bits per heavy atom. The van der Waals surface area contributed by atoms with Crippen LogP contribution in [0, 0.1) is 0 Å². The number of nitrogens with zero attached hydrogens (tertiary/aromatic N) is 1. The molecule has 0 saturated heterocycles. The van der Waals surface area contributed by atoms with Crippen LogP contribution in [-0.4, -0.2) is 10.9 Å². The fraction of sp³-hybridized carbons (Fsp3) is 0. The van der Waals surface area contributed by atoms with Gasteiger partial charge in [0.25, 0.3) is 5.91 Å². The third kappa shape index (κ3) is 3.85. The molecule has 0 aliphatic carbocycles. The molecule has 1 amide bonds. The number of amides is 1. The molecule has 24 heavy (non-hydrogen) atoms. The molecule has 0 atom stereocenters. The average Bonchev–Trinajstić information content (AvgIpc) is 2.57. The van der Waals surface area contributed by atoms with Gasteiger partial charge < -0.3 is 10.6 Å². The van der Waals surface area contributed by atoms with Gasteiger partial charge in [0, 0.05) is 16.9 Å². The molecule has 0 aliphatic heterocycles. The average molecular weight is 358 g/mol. The van der Waals surface area contributed by atoms with E-state index in [0.29, 0.717) is 27.1 Å². The molecule has 0 aliphatic rings. The summed E-state index contributed by atoms with van der Waals surface area (Å²) in [5.41, 5.74) is 1.69. The van der Waals surface area contributed by atoms with Crippen LogP contribution in [0.4, 0.5) is 17.2 Å². The van der Waals surface area contributed by atoms with Crippen molar-refractivity contribution in [3.8, 4) is 0 Å². The number of anilines is 3. The Morgan fingerprint density at radius 2 is 1.79 bits per heavy atom. The second kappa shape index (κ2) is 7.34. The lowest BCUT2D eigenvalue weighted by molar-refractivity contribution is 0.102. The van der Waals surface area contributed by atoms with Crippen molar-refractivity contribution in [2.24, 2.45) is 0 Å². The van der Waals surface area contributed by atoms with Crippen molar-refractivity contribution in [1.82, 2.24) is 4.98 Å². The Kier molecular flexibility index (Phi) is 4.99. The van der Waals surface area contributed by atoms with E-state index in [-0.39, 0.29) is 5.91 Å². The first kappa shape index (κ1) is 16.3. The highest BCUT2D eigenvalue weighted by Gasteiger charge is 2.14. The van der Waals surface area contributed by atoms with Gasteiger partial charge in [0.1, 0.15) is 5.82 Å². The van der Waals surface area contributed by atoms with Crippen molar-refractivity contribution in [2.45, 2.75) is 0 Å². The quantitative estimate of drug-likeness (QED) is 0.658. The van der Waals surface area contributed by atoms with Crippen molar-refractivity contribution in [1.29, 1.82) is 0 Å². The van der Waals surface area contributed by atoms with Gasteiger partial charge in [-0.1, -0.05) is 41.4 Å². The van der Waals surface area contributed by atoms with Crippen LogP contribution in [0.25, 0.3) is 0 Å². The van der Waals surface area contributed by atoms with Crippen molar-refractivity contribution in [3.63, 3.8) is 0 Å². The van der Waals surface area contributed by atoms with Crippen LogP contribution in [0.15, 0.2) is 66.9 Å². The minimum atomic E-state index is -0.305. The molecule has 0 radical (unpaired) electrons.